The number of rotatable bonds is 2. The molecule has 0 atom stereocenters. The first-order valence-electron chi connectivity index (χ1n) is 5.07. The molecule has 1 saturated heterocycles. The van der Waals surface area contributed by atoms with Gasteiger partial charge in [-0.15, -0.1) is 0 Å². The van der Waals surface area contributed by atoms with Gasteiger partial charge in [0.25, 0.3) is 5.69 Å². The Morgan fingerprint density at radius 2 is 2.28 bits per heavy atom. The zero-order valence-corrected chi connectivity index (χ0v) is 9.16. The molecule has 18 heavy (non-hydrogen) atoms. The first-order valence-corrected chi connectivity index (χ1v) is 5.07. The molecule has 1 N–H and O–H groups in total. The molecular weight excluding hydrogens is 242 g/mol. The summed E-state index contributed by atoms with van der Waals surface area (Å²) in [6.07, 6.45) is -0.724. The summed E-state index contributed by atoms with van der Waals surface area (Å²) < 4.78 is 4.60. The van der Waals surface area contributed by atoms with Crippen molar-refractivity contribution in [2.75, 3.05) is 18.5 Å². The molecule has 3 amide bonds. The SMILES string of the molecule is O=C(Nc1cccc([N+](=O)[O-])c1)N1CCOC1=O. The van der Waals surface area contributed by atoms with Gasteiger partial charge in [-0.05, 0) is 6.07 Å². The second-order valence-corrected chi connectivity index (χ2v) is 3.50. The molecule has 0 spiro atoms. The lowest BCUT2D eigenvalue weighted by atomic mass is 10.3. The standard InChI is InChI=1S/C10H9N3O5/c14-9(12-4-5-18-10(12)15)11-7-2-1-3-8(6-7)13(16)17/h1-3,6H,4-5H2,(H,11,14). The number of imide groups is 1. The Hall–Kier alpha value is -2.64. The van der Waals surface area contributed by atoms with Gasteiger partial charge in [0.15, 0.2) is 0 Å². The smallest absolute Gasteiger partial charge is 0.418 e. The van der Waals surface area contributed by atoms with Crippen LogP contribution in [0.4, 0.5) is 21.0 Å². The van der Waals surface area contributed by atoms with Crippen LogP contribution in [0.15, 0.2) is 24.3 Å². The van der Waals surface area contributed by atoms with Crippen molar-refractivity contribution in [2.24, 2.45) is 0 Å². The quantitative estimate of drug-likeness (QED) is 0.635. The molecule has 8 nitrogen and oxygen atoms in total. The van der Waals surface area contributed by atoms with Crippen LogP contribution in [0.25, 0.3) is 0 Å². The predicted octanol–water partition coefficient (Wildman–Crippen LogP) is 1.58. The zero-order chi connectivity index (χ0) is 13.1. The Morgan fingerprint density at radius 1 is 1.50 bits per heavy atom. The molecule has 0 bridgehead atoms. The number of nitrogens with zero attached hydrogens (tertiary/aromatic N) is 2. The van der Waals surface area contributed by atoms with Crippen molar-refractivity contribution in [2.45, 2.75) is 0 Å². The van der Waals surface area contributed by atoms with Gasteiger partial charge in [-0.2, -0.15) is 0 Å². The summed E-state index contributed by atoms with van der Waals surface area (Å²) >= 11 is 0. The Kier molecular flexibility index (Phi) is 3.09. The second-order valence-electron chi connectivity index (χ2n) is 3.50. The molecule has 0 radical (unpaired) electrons. The van der Waals surface area contributed by atoms with Gasteiger partial charge in [0.05, 0.1) is 11.5 Å². The van der Waals surface area contributed by atoms with Gasteiger partial charge in [0.1, 0.15) is 6.61 Å². The molecule has 1 aliphatic heterocycles. The van der Waals surface area contributed by atoms with Gasteiger partial charge in [0, 0.05) is 17.8 Å². The molecule has 0 unspecified atom stereocenters. The largest absolute Gasteiger partial charge is 0.447 e. The number of amides is 3. The first kappa shape index (κ1) is 11.8. The van der Waals surface area contributed by atoms with E-state index in [2.05, 4.69) is 10.1 Å². The van der Waals surface area contributed by atoms with Gasteiger partial charge in [-0.3, -0.25) is 10.1 Å². The Labute approximate surface area is 101 Å². The number of ether oxygens (including phenoxy) is 1. The third kappa shape index (κ3) is 2.37. The van der Waals surface area contributed by atoms with Crippen molar-refractivity contribution in [3.63, 3.8) is 0 Å². The summed E-state index contributed by atoms with van der Waals surface area (Å²) in [4.78, 5) is 33.6. The van der Waals surface area contributed by atoms with E-state index >= 15 is 0 Å². The fourth-order valence-corrected chi connectivity index (χ4v) is 1.47. The predicted molar refractivity (Wildman–Crippen MR) is 60.2 cm³/mol. The number of anilines is 1. The normalized spacial score (nSPS) is 14.2. The Balaban J connectivity index is 2.09. The minimum absolute atomic E-state index is 0.142. The van der Waals surface area contributed by atoms with Crippen LogP contribution < -0.4 is 5.32 Å². The van der Waals surface area contributed by atoms with Crippen molar-refractivity contribution in [3.8, 4) is 0 Å². The van der Waals surface area contributed by atoms with E-state index in [0.717, 1.165) is 4.90 Å². The van der Waals surface area contributed by atoms with Crippen LogP contribution in [-0.2, 0) is 4.74 Å². The molecular formula is C10H9N3O5. The molecule has 0 aliphatic carbocycles. The van der Waals surface area contributed by atoms with Crippen molar-refractivity contribution in [1.82, 2.24) is 4.90 Å². The molecule has 1 fully saturated rings. The van der Waals surface area contributed by atoms with Crippen molar-refractivity contribution in [1.29, 1.82) is 0 Å². The van der Waals surface area contributed by atoms with E-state index in [1.165, 1.54) is 24.3 Å². The highest BCUT2D eigenvalue weighted by atomic mass is 16.6. The van der Waals surface area contributed by atoms with E-state index in [1.54, 1.807) is 0 Å². The fourth-order valence-electron chi connectivity index (χ4n) is 1.47. The number of hydrogen-bond donors (Lipinski definition) is 1. The van der Waals surface area contributed by atoms with Gasteiger partial charge in [-0.25, -0.2) is 14.5 Å². The van der Waals surface area contributed by atoms with E-state index in [9.17, 15) is 19.7 Å². The number of nitro groups is 1. The lowest BCUT2D eigenvalue weighted by Crippen LogP contribution is -2.35. The van der Waals surface area contributed by atoms with Crippen LogP contribution >= 0.6 is 0 Å². The summed E-state index contributed by atoms with van der Waals surface area (Å²) in [7, 11) is 0. The average molecular weight is 251 g/mol. The highest BCUT2D eigenvalue weighted by Crippen LogP contribution is 2.18. The molecule has 8 heteroatoms. The molecule has 0 aromatic heterocycles. The lowest BCUT2D eigenvalue weighted by Gasteiger charge is -2.11. The minimum Gasteiger partial charge on any atom is -0.447 e. The number of nitrogens with one attached hydrogen (secondary N) is 1. The number of carbonyl (C=O) groups excluding carboxylic acids is 2. The van der Waals surface area contributed by atoms with E-state index in [4.69, 9.17) is 0 Å². The van der Waals surface area contributed by atoms with Gasteiger partial charge in [-0.1, -0.05) is 6.07 Å². The molecule has 2 rings (SSSR count). The first-order chi connectivity index (χ1) is 8.58. The maximum atomic E-state index is 11.7. The Morgan fingerprint density at radius 3 is 2.89 bits per heavy atom. The van der Waals surface area contributed by atoms with Crippen LogP contribution in [0.1, 0.15) is 0 Å². The number of benzene rings is 1. The van der Waals surface area contributed by atoms with Crippen LogP contribution in [0.3, 0.4) is 0 Å². The third-order valence-electron chi connectivity index (χ3n) is 2.31. The van der Waals surface area contributed by atoms with Crippen molar-refractivity contribution >= 4 is 23.5 Å². The van der Waals surface area contributed by atoms with Gasteiger partial charge in [0.2, 0.25) is 0 Å². The highest BCUT2D eigenvalue weighted by Gasteiger charge is 2.28. The van der Waals surface area contributed by atoms with Crippen molar-refractivity contribution < 1.29 is 19.2 Å². The van der Waals surface area contributed by atoms with Crippen LogP contribution in [0.2, 0.25) is 0 Å². The monoisotopic (exact) mass is 251 g/mol. The third-order valence-corrected chi connectivity index (χ3v) is 2.31. The fraction of sp³-hybridized carbons (Fsp3) is 0.200. The van der Waals surface area contributed by atoms with E-state index in [1.807, 2.05) is 0 Å². The summed E-state index contributed by atoms with van der Waals surface area (Å²) in [6.45, 7) is 0.320. The average Bonchev–Trinajstić information content (AvgIpc) is 2.76. The van der Waals surface area contributed by atoms with E-state index in [0.29, 0.717) is 0 Å². The van der Waals surface area contributed by atoms with Crippen LogP contribution in [-0.4, -0.2) is 35.1 Å². The number of cyclic esters (lactones) is 1. The number of non-ortho nitro benzene ring substituents is 1. The summed E-state index contributed by atoms with van der Waals surface area (Å²) in [5, 5.41) is 12.9. The molecule has 1 heterocycles. The van der Waals surface area contributed by atoms with Gasteiger partial charge < -0.3 is 10.1 Å². The topological polar surface area (TPSA) is 102 Å². The minimum atomic E-state index is -0.724. The number of urea groups is 1. The van der Waals surface area contributed by atoms with E-state index in [-0.39, 0.29) is 24.5 Å². The molecule has 0 saturated carbocycles. The van der Waals surface area contributed by atoms with Crippen molar-refractivity contribution in [3.05, 3.63) is 34.4 Å². The maximum Gasteiger partial charge on any atom is 0.418 e. The number of nitro benzene ring substituents is 1. The molecule has 1 aliphatic rings. The maximum absolute atomic E-state index is 11.7. The molecule has 1 aromatic rings. The molecule has 94 valence electrons. The Bertz CT molecular complexity index is 516. The van der Waals surface area contributed by atoms with Gasteiger partial charge >= 0.3 is 12.1 Å². The van der Waals surface area contributed by atoms with Crippen LogP contribution in [0.5, 0.6) is 0 Å². The molecule has 1 aromatic carbocycles. The zero-order valence-electron chi connectivity index (χ0n) is 9.16. The highest BCUT2D eigenvalue weighted by molar-refractivity contribution is 5.99. The summed E-state index contributed by atoms with van der Waals surface area (Å²) in [6, 6.07) is 4.78. The summed E-state index contributed by atoms with van der Waals surface area (Å²) in [5.41, 5.74) is 0.102. The summed E-state index contributed by atoms with van der Waals surface area (Å²) in [5.74, 6) is 0. The number of hydrogen-bond acceptors (Lipinski definition) is 5. The van der Waals surface area contributed by atoms with Crippen LogP contribution in [0, 0.1) is 10.1 Å². The lowest BCUT2D eigenvalue weighted by molar-refractivity contribution is -0.384. The van der Waals surface area contributed by atoms with E-state index < -0.39 is 17.0 Å². The number of carbonyl (C=O) groups is 2. The second kappa shape index (κ2) is 4.70.